The highest BCUT2D eigenvalue weighted by Gasteiger charge is 2.37. The summed E-state index contributed by atoms with van der Waals surface area (Å²) in [6.07, 6.45) is 4.53. The second-order valence-corrected chi connectivity index (χ2v) is 9.06. The van der Waals surface area contributed by atoms with Crippen LogP contribution in [0.25, 0.3) is 0 Å². The van der Waals surface area contributed by atoms with Crippen molar-refractivity contribution in [1.82, 2.24) is 0 Å². The van der Waals surface area contributed by atoms with E-state index in [0.29, 0.717) is 4.90 Å². The van der Waals surface area contributed by atoms with E-state index >= 15 is 0 Å². The molecule has 19 heavy (non-hydrogen) atoms. The maximum atomic E-state index is 12.8. The van der Waals surface area contributed by atoms with Gasteiger partial charge in [0, 0.05) is 6.26 Å². The van der Waals surface area contributed by atoms with Gasteiger partial charge in [-0.05, 0) is 31.9 Å². The summed E-state index contributed by atoms with van der Waals surface area (Å²) in [6.45, 7) is 1.94. The van der Waals surface area contributed by atoms with Gasteiger partial charge in [0.25, 0.3) is 0 Å². The summed E-state index contributed by atoms with van der Waals surface area (Å²) in [5.74, 6) is 0. The Kier molecular flexibility index (Phi) is 4.07. The van der Waals surface area contributed by atoms with Crippen LogP contribution in [0.5, 0.6) is 0 Å². The first-order valence-electron chi connectivity index (χ1n) is 6.55. The van der Waals surface area contributed by atoms with Crippen LogP contribution in [-0.4, -0.2) is 26.5 Å². The number of halogens is 1. The summed E-state index contributed by atoms with van der Waals surface area (Å²) >= 11 is 6.21. The van der Waals surface area contributed by atoms with Crippen molar-refractivity contribution in [3.05, 3.63) is 29.8 Å². The summed E-state index contributed by atoms with van der Waals surface area (Å²) in [4.78, 5) is 0.317. The first kappa shape index (κ1) is 15.0. The van der Waals surface area contributed by atoms with Crippen LogP contribution in [-0.2, 0) is 13.8 Å². The van der Waals surface area contributed by atoms with Crippen molar-refractivity contribution >= 4 is 21.2 Å². The molecule has 1 fully saturated rings. The highest BCUT2D eigenvalue weighted by Crippen LogP contribution is 2.37. The van der Waals surface area contributed by atoms with Gasteiger partial charge in [0.05, 0.1) is 16.4 Å². The lowest BCUT2D eigenvalue weighted by Gasteiger charge is -2.39. The van der Waals surface area contributed by atoms with Crippen LogP contribution in [0.15, 0.2) is 29.2 Å². The monoisotopic (exact) mass is 304 g/mol. The molecule has 108 valence electrons. The molecule has 0 bridgehead atoms. The standard InChI is InChI=1S/C14H21ClO3S/c1-11-7-9-12(10-8-11)19(2,16,17)18-14-6-4-3-5-13(14)15/h7-10,13-14H,3-6H2,1-2H3,(H,16,17)/t13?,14-/m0/s1. The lowest BCUT2D eigenvalue weighted by Crippen LogP contribution is -2.42. The first-order valence-corrected chi connectivity index (χ1v) is 9.25. The van der Waals surface area contributed by atoms with Crippen molar-refractivity contribution in [2.24, 2.45) is 0 Å². The predicted molar refractivity (Wildman–Crippen MR) is 79.1 cm³/mol. The fourth-order valence-electron chi connectivity index (χ4n) is 2.35. The average Bonchev–Trinajstić information content (AvgIpc) is 2.32. The maximum absolute atomic E-state index is 12.8. The third-order valence-electron chi connectivity index (χ3n) is 3.53. The van der Waals surface area contributed by atoms with E-state index in [1.165, 1.54) is 6.26 Å². The molecule has 1 aromatic carbocycles. The van der Waals surface area contributed by atoms with Gasteiger partial charge in [-0.25, -0.2) is 4.21 Å². The Bertz CT molecular complexity index is 506. The molecule has 2 atom stereocenters. The molecule has 1 aliphatic rings. The zero-order chi connectivity index (χ0) is 14.1. The van der Waals surface area contributed by atoms with E-state index in [9.17, 15) is 8.76 Å². The Labute approximate surface area is 119 Å². The number of benzene rings is 1. The molecule has 0 aliphatic heterocycles. The minimum absolute atomic E-state index is 0.184. The van der Waals surface area contributed by atoms with Crippen LogP contribution in [0, 0.1) is 6.92 Å². The quantitative estimate of drug-likeness (QED) is 0.865. The molecule has 1 aromatic rings. The molecule has 0 aromatic heterocycles. The summed E-state index contributed by atoms with van der Waals surface area (Å²) in [5, 5.41) is -0.184. The molecule has 0 saturated heterocycles. The number of hydrogen-bond acceptors (Lipinski definition) is 2. The molecule has 1 aliphatic carbocycles. The highest BCUT2D eigenvalue weighted by molar-refractivity contribution is 8.10. The summed E-state index contributed by atoms with van der Waals surface area (Å²) < 4.78 is 28.9. The van der Waals surface area contributed by atoms with E-state index in [0.717, 1.165) is 31.2 Å². The fraction of sp³-hybridized carbons (Fsp3) is 0.571. The van der Waals surface area contributed by atoms with Gasteiger partial charge < -0.3 is 4.55 Å². The highest BCUT2D eigenvalue weighted by atomic mass is 35.5. The number of rotatable bonds is 3. The molecule has 0 amide bonds. The first-order chi connectivity index (χ1) is 8.76. The zero-order valence-electron chi connectivity index (χ0n) is 11.3. The van der Waals surface area contributed by atoms with Gasteiger partial charge in [-0.15, -0.1) is 11.6 Å². The molecule has 1 unspecified atom stereocenters. The van der Waals surface area contributed by atoms with E-state index < -0.39 is 9.63 Å². The number of alkyl halides is 1. The van der Waals surface area contributed by atoms with Crippen LogP contribution in [0.2, 0.25) is 0 Å². The second-order valence-electron chi connectivity index (χ2n) is 5.44. The van der Waals surface area contributed by atoms with E-state index in [-0.39, 0.29) is 11.5 Å². The SMILES string of the molecule is Cc1ccc(S(C)(=O)(O)O[C@H]2CCCCC2Cl)cc1. The molecular weight excluding hydrogens is 284 g/mol. The molecule has 0 heterocycles. The average molecular weight is 305 g/mol. The topological polar surface area (TPSA) is 46.5 Å². The van der Waals surface area contributed by atoms with E-state index in [1.54, 1.807) is 12.1 Å². The van der Waals surface area contributed by atoms with Crippen LogP contribution < -0.4 is 0 Å². The second kappa shape index (κ2) is 5.17. The Morgan fingerprint density at radius 2 is 1.84 bits per heavy atom. The van der Waals surface area contributed by atoms with Crippen molar-refractivity contribution in [2.45, 2.75) is 49.0 Å². The fourth-order valence-corrected chi connectivity index (χ4v) is 4.42. The van der Waals surface area contributed by atoms with E-state index in [1.807, 2.05) is 19.1 Å². The third kappa shape index (κ3) is 3.57. The normalized spacial score (nSPS) is 26.6. The Hall–Kier alpha value is -0.420. The predicted octanol–water partition coefficient (Wildman–Crippen LogP) is 3.76. The van der Waals surface area contributed by atoms with E-state index in [4.69, 9.17) is 15.8 Å². The number of hydrogen-bond donors (Lipinski definition) is 1. The Morgan fingerprint density at radius 3 is 2.42 bits per heavy atom. The van der Waals surface area contributed by atoms with Crippen LogP contribution >= 0.6 is 11.6 Å². The van der Waals surface area contributed by atoms with Crippen molar-refractivity contribution in [3.8, 4) is 0 Å². The number of aryl methyl sites for hydroxylation is 1. The van der Waals surface area contributed by atoms with E-state index in [2.05, 4.69) is 0 Å². The molecule has 1 saturated carbocycles. The van der Waals surface area contributed by atoms with Crippen molar-refractivity contribution in [2.75, 3.05) is 6.26 Å². The molecule has 1 N–H and O–H groups in total. The minimum atomic E-state index is -4.27. The van der Waals surface area contributed by atoms with Crippen LogP contribution in [0.4, 0.5) is 0 Å². The minimum Gasteiger partial charge on any atom is -0.304 e. The van der Waals surface area contributed by atoms with Gasteiger partial charge in [0.15, 0.2) is 0 Å². The Balaban J connectivity index is 2.24. The van der Waals surface area contributed by atoms with Crippen molar-refractivity contribution in [3.63, 3.8) is 0 Å². The van der Waals surface area contributed by atoms with Crippen LogP contribution in [0.3, 0.4) is 0 Å². The van der Waals surface area contributed by atoms with Crippen LogP contribution in [0.1, 0.15) is 31.2 Å². The zero-order valence-corrected chi connectivity index (χ0v) is 12.9. The maximum Gasteiger partial charge on any atom is 0.109 e. The van der Waals surface area contributed by atoms with Gasteiger partial charge in [0.1, 0.15) is 9.63 Å². The summed E-state index contributed by atoms with van der Waals surface area (Å²) in [7, 11) is -4.27. The molecule has 3 nitrogen and oxygen atoms in total. The molecule has 0 radical (unpaired) electrons. The van der Waals surface area contributed by atoms with Gasteiger partial charge >= 0.3 is 0 Å². The molecular formula is C14H21ClO3S. The summed E-state index contributed by atoms with van der Waals surface area (Å²) in [5.41, 5.74) is 1.04. The van der Waals surface area contributed by atoms with Crippen molar-refractivity contribution < 1.29 is 12.9 Å². The molecule has 2 rings (SSSR count). The van der Waals surface area contributed by atoms with Gasteiger partial charge in [-0.1, -0.05) is 30.5 Å². The lowest BCUT2D eigenvalue weighted by atomic mass is 9.97. The van der Waals surface area contributed by atoms with Crippen molar-refractivity contribution in [1.29, 1.82) is 0 Å². The van der Waals surface area contributed by atoms with Gasteiger partial charge in [0.2, 0.25) is 0 Å². The smallest absolute Gasteiger partial charge is 0.109 e. The van der Waals surface area contributed by atoms with Gasteiger partial charge in [-0.3, -0.25) is 4.18 Å². The van der Waals surface area contributed by atoms with Gasteiger partial charge in [-0.2, -0.15) is 0 Å². The molecule has 5 heteroatoms. The Morgan fingerprint density at radius 1 is 1.26 bits per heavy atom. The largest absolute Gasteiger partial charge is 0.304 e. The molecule has 0 spiro atoms. The lowest BCUT2D eigenvalue weighted by molar-refractivity contribution is 0.144. The third-order valence-corrected chi connectivity index (χ3v) is 6.07. The summed E-state index contributed by atoms with van der Waals surface area (Å²) in [6, 6.07) is 6.92.